The van der Waals surface area contributed by atoms with Crippen LogP contribution in [0.1, 0.15) is 40.5 Å². The highest BCUT2D eigenvalue weighted by Gasteiger charge is 2.32. The minimum atomic E-state index is -0.553. The zero-order chi connectivity index (χ0) is 13.2. The number of hydrogen-bond donors (Lipinski definition) is 1. The van der Waals surface area contributed by atoms with Crippen molar-refractivity contribution in [3.63, 3.8) is 0 Å². The lowest BCUT2D eigenvalue weighted by molar-refractivity contribution is -0.132. The molecule has 1 fully saturated rings. The van der Waals surface area contributed by atoms with E-state index < -0.39 is 17.7 Å². The topological polar surface area (TPSA) is 58.6 Å². The molecule has 1 N–H and O–H groups in total. The van der Waals surface area contributed by atoms with E-state index in [2.05, 4.69) is 5.32 Å². The third-order valence-electron chi connectivity index (χ3n) is 2.55. The van der Waals surface area contributed by atoms with Crippen molar-refractivity contribution >= 4 is 12.0 Å². The molecule has 5 nitrogen and oxygen atoms in total. The zero-order valence-electron chi connectivity index (χ0n) is 11.2. The lowest BCUT2D eigenvalue weighted by Crippen LogP contribution is -2.47. The van der Waals surface area contributed by atoms with Gasteiger partial charge in [-0.2, -0.15) is 0 Å². The molecule has 5 heteroatoms. The second kappa shape index (κ2) is 4.94. The van der Waals surface area contributed by atoms with Crippen LogP contribution < -0.4 is 5.32 Å². The van der Waals surface area contributed by atoms with Gasteiger partial charge in [0.1, 0.15) is 11.6 Å². The molecule has 0 saturated heterocycles. The molecule has 0 bridgehead atoms. The number of nitrogens with one attached hydrogen (secondary N) is 1. The van der Waals surface area contributed by atoms with Gasteiger partial charge in [-0.15, -0.1) is 0 Å². The molecule has 0 radical (unpaired) electrons. The van der Waals surface area contributed by atoms with Gasteiger partial charge in [-0.1, -0.05) is 0 Å². The van der Waals surface area contributed by atoms with Crippen LogP contribution in [-0.2, 0) is 9.53 Å². The van der Waals surface area contributed by atoms with E-state index in [1.165, 1.54) is 0 Å². The zero-order valence-corrected chi connectivity index (χ0v) is 11.2. The minimum Gasteiger partial charge on any atom is -0.444 e. The Hall–Kier alpha value is -1.26. The van der Waals surface area contributed by atoms with Gasteiger partial charge < -0.3 is 15.0 Å². The van der Waals surface area contributed by atoms with Crippen molar-refractivity contribution in [2.24, 2.45) is 0 Å². The Labute approximate surface area is 102 Å². The first-order valence-corrected chi connectivity index (χ1v) is 5.97. The Morgan fingerprint density at radius 3 is 2.29 bits per heavy atom. The van der Waals surface area contributed by atoms with Gasteiger partial charge in [0, 0.05) is 13.1 Å². The average Bonchev–Trinajstić information content (AvgIpc) is 2.95. The summed E-state index contributed by atoms with van der Waals surface area (Å²) in [5.41, 5.74) is -0.546. The minimum absolute atomic E-state index is 0.0710. The third-order valence-corrected chi connectivity index (χ3v) is 2.55. The Morgan fingerprint density at radius 2 is 1.88 bits per heavy atom. The normalized spacial score (nSPS) is 17.2. The van der Waals surface area contributed by atoms with Crippen molar-refractivity contribution in [1.82, 2.24) is 10.2 Å². The standard InChI is InChI=1S/C12H22N2O3/c1-8(10(15)14(5)9-6-7-9)13-11(16)17-12(2,3)4/h8-9H,6-7H2,1-5H3,(H,13,16)/t8-/m1/s1. The number of alkyl carbamates (subject to hydrolysis) is 1. The van der Waals surface area contributed by atoms with Crippen LogP contribution in [0, 0.1) is 0 Å². The maximum Gasteiger partial charge on any atom is 0.408 e. The van der Waals surface area contributed by atoms with Crippen molar-refractivity contribution in [2.45, 2.75) is 58.2 Å². The van der Waals surface area contributed by atoms with Gasteiger partial charge in [-0.25, -0.2) is 4.79 Å². The summed E-state index contributed by atoms with van der Waals surface area (Å²) < 4.78 is 5.09. The van der Waals surface area contributed by atoms with E-state index in [1.807, 2.05) is 0 Å². The summed E-state index contributed by atoms with van der Waals surface area (Å²) in [6.45, 7) is 7.03. The summed E-state index contributed by atoms with van der Waals surface area (Å²) >= 11 is 0. The van der Waals surface area contributed by atoms with Gasteiger partial charge in [0.2, 0.25) is 5.91 Å². The first-order valence-electron chi connectivity index (χ1n) is 5.97. The Morgan fingerprint density at radius 1 is 1.35 bits per heavy atom. The number of ether oxygens (including phenoxy) is 1. The third kappa shape index (κ3) is 4.63. The van der Waals surface area contributed by atoms with E-state index in [0.717, 1.165) is 12.8 Å². The molecule has 1 aliphatic carbocycles. The fourth-order valence-corrected chi connectivity index (χ4v) is 1.49. The Bertz CT molecular complexity index is 305. The monoisotopic (exact) mass is 242 g/mol. The van der Waals surface area contributed by atoms with Crippen LogP contribution in [0.25, 0.3) is 0 Å². The summed E-state index contributed by atoms with van der Waals surface area (Å²) in [5.74, 6) is -0.0710. The number of carbonyl (C=O) groups excluding carboxylic acids is 2. The van der Waals surface area contributed by atoms with E-state index >= 15 is 0 Å². The molecular weight excluding hydrogens is 220 g/mol. The van der Waals surface area contributed by atoms with Crippen LogP contribution in [0.15, 0.2) is 0 Å². The van der Waals surface area contributed by atoms with Crippen molar-refractivity contribution in [3.05, 3.63) is 0 Å². The average molecular weight is 242 g/mol. The number of amides is 2. The van der Waals surface area contributed by atoms with E-state index in [9.17, 15) is 9.59 Å². The second-order valence-corrected chi connectivity index (χ2v) is 5.55. The maximum atomic E-state index is 11.9. The van der Waals surface area contributed by atoms with Crippen molar-refractivity contribution < 1.29 is 14.3 Å². The quantitative estimate of drug-likeness (QED) is 0.816. The SMILES string of the molecule is C[C@@H](NC(=O)OC(C)(C)C)C(=O)N(C)C1CC1. The number of likely N-dealkylation sites (N-methyl/N-ethyl adjacent to an activating group) is 1. The highest BCUT2D eigenvalue weighted by molar-refractivity contribution is 5.85. The van der Waals surface area contributed by atoms with Gasteiger partial charge in [0.05, 0.1) is 0 Å². The predicted molar refractivity (Wildman–Crippen MR) is 64.6 cm³/mol. The molecule has 98 valence electrons. The number of nitrogens with zero attached hydrogens (tertiary/aromatic N) is 1. The molecule has 17 heavy (non-hydrogen) atoms. The fourth-order valence-electron chi connectivity index (χ4n) is 1.49. The van der Waals surface area contributed by atoms with Crippen molar-refractivity contribution in [2.75, 3.05) is 7.05 Å². The number of hydrogen-bond acceptors (Lipinski definition) is 3. The summed E-state index contributed by atoms with van der Waals surface area (Å²) in [5, 5.41) is 2.55. The number of carbonyl (C=O) groups is 2. The second-order valence-electron chi connectivity index (χ2n) is 5.55. The first-order chi connectivity index (χ1) is 7.70. The number of rotatable bonds is 3. The molecule has 1 atom stereocenters. The highest BCUT2D eigenvalue weighted by Crippen LogP contribution is 2.25. The maximum absolute atomic E-state index is 11.9. The summed E-state index contributed by atoms with van der Waals surface area (Å²) in [6, 6.07) is -0.194. The van der Waals surface area contributed by atoms with E-state index in [4.69, 9.17) is 4.74 Å². The summed E-state index contributed by atoms with van der Waals surface area (Å²) in [6.07, 6.45) is 1.56. The van der Waals surface area contributed by atoms with Crippen molar-refractivity contribution in [1.29, 1.82) is 0 Å². The van der Waals surface area contributed by atoms with Gasteiger partial charge in [-0.3, -0.25) is 4.79 Å². The van der Waals surface area contributed by atoms with Crippen LogP contribution in [0.4, 0.5) is 4.79 Å². The lowest BCUT2D eigenvalue weighted by atomic mass is 10.2. The van der Waals surface area contributed by atoms with Gasteiger partial charge in [0.15, 0.2) is 0 Å². The molecule has 0 aromatic heterocycles. The summed E-state index contributed by atoms with van der Waals surface area (Å²) in [7, 11) is 1.77. The van der Waals surface area contributed by atoms with E-state index in [0.29, 0.717) is 6.04 Å². The van der Waals surface area contributed by atoms with Gasteiger partial charge in [0.25, 0.3) is 0 Å². The molecule has 0 spiro atoms. The molecule has 0 aromatic carbocycles. The Kier molecular flexibility index (Phi) is 4.01. The predicted octanol–water partition coefficient (Wildman–Crippen LogP) is 1.52. The lowest BCUT2D eigenvalue weighted by Gasteiger charge is -2.24. The molecular formula is C12H22N2O3. The molecule has 2 amide bonds. The largest absolute Gasteiger partial charge is 0.444 e. The first kappa shape index (κ1) is 13.8. The molecule has 0 aromatic rings. The molecule has 1 saturated carbocycles. The van der Waals surface area contributed by atoms with Gasteiger partial charge in [-0.05, 0) is 40.5 Å². The molecule has 1 rings (SSSR count). The van der Waals surface area contributed by atoms with E-state index in [-0.39, 0.29) is 5.91 Å². The highest BCUT2D eigenvalue weighted by atomic mass is 16.6. The molecule has 0 heterocycles. The van der Waals surface area contributed by atoms with Crippen LogP contribution in [0.3, 0.4) is 0 Å². The van der Waals surface area contributed by atoms with Crippen LogP contribution in [0.2, 0.25) is 0 Å². The fraction of sp³-hybridized carbons (Fsp3) is 0.833. The van der Waals surface area contributed by atoms with Crippen LogP contribution in [-0.4, -0.2) is 41.6 Å². The molecule has 0 aliphatic heterocycles. The molecule has 1 aliphatic rings. The Balaban J connectivity index is 2.39. The van der Waals surface area contributed by atoms with Crippen molar-refractivity contribution in [3.8, 4) is 0 Å². The smallest absolute Gasteiger partial charge is 0.408 e. The van der Waals surface area contributed by atoms with Crippen LogP contribution >= 0.6 is 0 Å². The summed E-state index contributed by atoms with van der Waals surface area (Å²) in [4.78, 5) is 25.1. The molecule has 0 unspecified atom stereocenters. The van der Waals surface area contributed by atoms with Crippen LogP contribution in [0.5, 0.6) is 0 Å². The van der Waals surface area contributed by atoms with E-state index in [1.54, 1.807) is 39.6 Å². The van der Waals surface area contributed by atoms with Gasteiger partial charge >= 0.3 is 6.09 Å².